The van der Waals surface area contributed by atoms with Crippen LogP contribution in [0.2, 0.25) is 0 Å². The molecule has 0 bridgehead atoms. The molecule has 0 spiro atoms. The van der Waals surface area contributed by atoms with Gasteiger partial charge in [-0.05, 0) is 51.0 Å². The molecule has 4 nitrogen and oxygen atoms in total. The highest BCUT2D eigenvalue weighted by atomic mass is 15.2. The van der Waals surface area contributed by atoms with Crippen LogP contribution in [0.1, 0.15) is 24.2 Å². The van der Waals surface area contributed by atoms with E-state index in [4.69, 9.17) is 0 Å². The zero-order valence-electron chi connectivity index (χ0n) is 12.7. The number of rotatable bonds is 3. The van der Waals surface area contributed by atoms with E-state index < -0.39 is 0 Å². The molecule has 2 aromatic rings. The van der Waals surface area contributed by atoms with Crippen molar-refractivity contribution in [1.29, 1.82) is 0 Å². The minimum atomic E-state index is 0.500. The molecule has 1 fully saturated rings. The van der Waals surface area contributed by atoms with Crippen LogP contribution in [0.5, 0.6) is 0 Å². The lowest BCUT2D eigenvalue weighted by molar-refractivity contribution is 0.522. The molecule has 0 radical (unpaired) electrons. The standard InChI is InChI=1S/C17H22N4/c1-13-5-3-7-16(18-13)20-15-9-11-21(12-10-15)17-8-4-6-14(2)19-17/h3-8,15H,9-12H2,1-2H3,(H,18,20). The lowest BCUT2D eigenvalue weighted by Crippen LogP contribution is -2.39. The van der Waals surface area contributed by atoms with E-state index in [1.54, 1.807) is 0 Å². The molecule has 1 aliphatic rings. The largest absolute Gasteiger partial charge is 0.367 e. The highest BCUT2D eigenvalue weighted by Gasteiger charge is 2.20. The van der Waals surface area contributed by atoms with Gasteiger partial charge in [-0.15, -0.1) is 0 Å². The Kier molecular flexibility index (Phi) is 4.04. The monoisotopic (exact) mass is 282 g/mol. The number of hydrogen-bond acceptors (Lipinski definition) is 4. The SMILES string of the molecule is Cc1cccc(NC2CCN(c3cccc(C)n3)CC2)n1. The number of pyridine rings is 2. The molecule has 0 amide bonds. The van der Waals surface area contributed by atoms with Crippen molar-refractivity contribution in [3.63, 3.8) is 0 Å². The van der Waals surface area contributed by atoms with Crippen molar-refractivity contribution in [2.45, 2.75) is 32.7 Å². The van der Waals surface area contributed by atoms with Crippen molar-refractivity contribution in [2.24, 2.45) is 0 Å². The molecular weight excluding hydrogens is 260 g/mol. The summed E-state index contributed by atoms with van der Waals surface area (Å²) >= 11 is 0. The van der Waals surface area contributed by atoms with Crippen molar-refractivity contribution < 1.29 is 0 Å². The third kappa shape index (κ3) is 3.51. The predicted molar refractivity (Wildman–Crippen MR) is 86.8 cm³/mol. The zero-order valence-corrected chi connectivity index (χ0v) is 12.7. The van der Waals surface area contributed by atoms with E-state index in [9.17, 15) is 0 Å². The quantitative estimate of drug-likeness (QED) is 0.939. The van der Waals surface area contributed by atoms with E-state index in [1.807, 2.05) is 32.0 Å². The van der Waals surface area contributed by atoms with E-state index >= 15 is 0 Å². The van der Waals surface area contributed by atoms with Crippen LogP contribution >= 0.6 is 0 Å². The maximum Gasteiger partial charge on any atom is 0.128 e. The van der Waals surface area contributed by atoms with E-state index in [0.717, 1.165) is 49.0 Å². The molecule has 1 saturated heterocycles. The summed E-state index contributed by atoms with van der Waals surface area (Å²) in [5, 5.41) is 3.55. The zero-order chi connectivity index (χ0) is 14.7. The van der Waals surface area contributed by atoms with Crippen molar-refractivity contribution in [3.8, 4) is 0 Å². The summed E-state index contributed by atoms with van der Waals surface area (Å²) in [7, 11) is 0. The number of nitrogens with one attached hydrogen (secondary N) is 1. The smallest absolute Gasteiger partial charge is 0.128 e. The molecule has 0 aromatic carbocycles. The van der Waals surface area contributed by atoms with Crippen LogP contribution in [0.15, 0.2) is 36.4 Å². The Morgan fingerprint density at radius 2 is 1.62 bits per heavy atom. The maximum absolute atomic E-state index is 4.61. The number of aromatic nitrogens is 2. The van der Waals surface area contributed by atoms with Crippen LogP contribution in [0, 0.1) is 13.8 Å². The molecule has 110 valence electrons. The van der Waals surface area contributed by atoms with E-state index in [2.05, 4.69) is 38.4 Å². The van der Waals surface area contributed by atoms with Gasteiger partial charge in [0.25, 0.3) is 0 Å². The second-order valence-electron chi connectivity index (χ2n) is 5.71. The summed E-state index contributed by atoms with van der Waals surface area (Å²) in [6.45, 7) is 6.15. The Morgan fingerprint density at radius 3 is 2.29 bits per heavy atom. The topological polar surface area (TPSA) is 41.0 Å². The third-order valence-electron chi connectivity index (χ3n) is 3.93. The minimum absolute atomic E-state index is 0.500. The molecule has 1 aliphatic heterocycles. The molecule has 0 atom stereocenters. The van der Waals surface area contributed by atoms with Gasteiger partial charge in [-0.25, -0.2) is 9.97 Å². The molecule has 21 heavy (non-hydrogen) atoms. The van der Waals surface area contributed by atoms with Crippen molar-refractivity contribution >= 4 is 11.6 Å². The second kappa shape index (κ2) is 6.12. The average Bonchev–Trinajstić information content (AvgIpc) is 2.48. The first-order valence-electron chi connectivity index (χ1n) is 7.59. The summed E-state index contributed by atoms with van der Waals surface area (Å²) in [5.41, 5.74) is 2.14. The van der Waals surface area contributed by atoms with Gasteiger partial charge < -0.3 is 10.2 Å². The first-order chi connectivity index (χ1) is 10.2. The van der Waals surface area contributed by atoms with E-state index in [-0.39, 0.29) is 0 Å². The number of piperidine rings is 1. The Hall–Kier alpha value is -2.10. The second-order valence-corrected chi connectivity index (χ2v) is 5.71. The van der Waals surface area contributed by atoms with Crippen LogP contribution in [0.3, 0.4) is 0 Å². The van der Waals surface area contributed by atoms with Crippen LogP contribution in [-0.4, -0.2) is 29.1 Å². The Balaban J connectivity index is 1.58. The molecule has 3 heterocycles. The number of aryl methyl sites for hydroxylation is 2. The summed E-state index contributed by atoms with van der Waals surface area (Å²) in [6.07, 6.45) is 2.23. The first-order valence-corrected chi connectivity index (χ1v) is 7.59. The van der Waals surface area contributed by atoms with Gasteiger partial charge in [-0.1, -0.05) is 12.1 Å². The molecule has 2 aromatic heterocycles. The van der Waals surface area contributed by atoms with Gasteiger partial charge >= 0.3 is 0 Å². The van der Waals surface area contributed by atoms with Crippen molar-refractivity contribution in [1.82, 2.24) is 9.97 Å². The molecule has 0 aliphatic carbocycles. The summed E-state index contributed by atoms with van der Waals surface area (Å²) in [6, 6.07) is 12.8. The molecule has 0 unspecified atom stereocenters. The Morgan fingerprint density at radius 1 is 0.952 bits per heavy atom. The molecule has 0 saturated carbocycles. The predicted octanol–water partition coefficient (Wildman–Crippen LogP) is 3.17. The highest BCUT2D eigenvalue weighted by Crippen LogP contribution is 2.20. The Bertz CT molecular complexity index is 603. The Labute approximate surface area is 126 Å². The van der Waals surface area contributed by atoms with Gasteiger partial charge in [0.15, 0.2) is 0 Å². The van der Waals surface area contributed by atoms with Gasteiger partial charge in [-0.2, -0.15) is 0 Å². The van der Waals surface area contributed by atoms with Gasteiger partial charge in [0.05, 0.1) is 0 Å². The number of anilines is 2. The van der Waals surface area contributed by atoms with Gasteiger partial charge in [0, 0.05) is 30.5 Å². The van der Waals surface area contributed by atoms with Crippen LogP contribution in [-0.2, 0) is 0 Å². The van der Waals surface area contributed by atoms with E-state index in [1.165, 1.54) is 0 Å². The lowest BCUT2D eigenvalue weighted by atomic mass is 10.0. The minimum Gasteiger partial charge on any atom is -0.367 e. The molecular formula is C17H22N4. The molecule has 1 N–H and O–H groups in total. The normalized spacial score (nSPS) is 16.0. The van der Waals surface area contributed by atoms with Crippen LogP contribution in [0.25, 0.3) is 0 Å². The van der Waals surface area contributed by atoms with Gasteiger partial charge in [0.1, 0.15) is 11.6 Å². The average molecular weight is 282 g/mol. The number of nitrogens with zero attached hydrogens (tertiary/aromatic N) is 3. The fraction of sp³-hybridized carbons (Fsp3) is 0.412. The van der Waals surface area contributed by atoms with Gasteiger partial charge in [0.2, 0.25) is 0 Å². The van der Waals surface area contributed by atoms with Crippen molar-refractivity contribution in [3.05, 3.63) is 47.8 Å². The summed E-state index contributed by atoms with van der Waals surface area (Å²) in [4.78, 5) is 11.5. The van der Waals surface area contributed by atoms with Gasteiger partial charge in [-0.3, -0.25) is 0 Å². The first kappa shape index (κ1) is 13.9. The molecule has 4 heteroatoms. The summed E-state index contributed by atoms with van der Waals surface area (Å²) in [5.74, 6) is 2.09. The maximum atomic E-state index is 4.61. The third-order valence-corrected chi connectivity index (χ3v) is 3.93. The van der Waals surface area contributed by atoms with Crippen LogP contribution in [0.4, 0.5) is 11.6 Å². The van der Waals surface area contributed by atoms with E-state index in [0.29, 0.717) is 6.04 Å². The fourth-order valence-electron chi connectivity index (χ4n) is 2.79. The lowest BCUT2D eigenvalue weighted by Gasteiger charge is -2.33. The van der Waals surface area contributed by atoms with Crippen molar-refractivity contribution in [2.75, 3.05) is 23.3 Å². The molecule has 3 rings (SSSR count). The summed E-state index contributed by atoms with van der Waals surface area (Å²) < 4.78 is 0. The number of hydrogen-bond donors (Lipinski definition) is 1. The highest BCUT2D eigenvalue weighted by molar-refractivity contribution is 5.41. The fourth-order valence-corrected chi connectivity index (χ4v) is 2.79. The van der Waals surface area contributed by atoms with Crippen LogP contribution < -0.4 is 10.2 Å².